The van der Waals surface area contributed by atoms with E-state index in [4.69, 9.17) is 0 Å². The Bertz CT molecular complexity index is 799. The van der Waals surface area contributed by atoms with E-state index in [2.05, 4.69) is 52.3 Å². The van der Waals surface area contributed by atoms with Gasteiger partial charge >= 0.3 is 0 Å². The van der Waals surface area contributed by atoms with Crippen LogP contribution in [0.2, 0.25) is 0 Å². The lowest BCUT2D eigenvalue weighted by atomic mass is 9.84. The first-order valence-corrected chi connectivity index (χ1v) is 8.30. The number of benzene rings is 2. The quantitative estimate of drug-likeness (QED) is 0.690. The van der Waals surface area contributed by atoms with Crippen LogP contribution in [0.25, 0.3) is 0 Å². The number of ketones is 1. The molecule has 2 aliphatic rings. The van der Waals surface area contributed by atoms with Gasteiger partial charge in [0, 0.05) is 21.5 Å². The Morgan fingerprint density at radius 3 is 2.64 bits per heavy atom. The van der Waals surface area contributed by atoms with Crippen LogP contribution in [0.1, 0.15) is 27.4 Å². The van der Waals surface area contributed by atoms with E-state index < -0.39 is 0 Å². The van der Waals surface area contributed by atoms with Crippen molar-refractivity contribution in [2.24, 2.45) is 5.92 Å². The van der Waals surface area contributed by atoms with Crippen LogP contribution < -0.4 is 0 Å². The van der Waals surface area contributed by atoms with Crippen LogP contribution in [-0.4, -0.2) is 5.78 Å². The summed E-state index contributed by atoms with van der Waals surface area (Å²) in [5.74, 6) is 0.952. The van der Waals surface area contributed by atoms with Crippen molar-refractivity contribution < 1.29 is 4.79 Å². The minimum atomic E-state index is 0.109. The number of halogens is 1. The molecule has 2 aromatic carbocycles. The largest absolute Gasteiger partial charge is 0.289 e. The van der Waals surface area contributed by atoms with Gasteiger partial charge in [0.15, 0.2) is 5.78 Å². The lowest BCUT2D eigenvalue weighted by Crippen LogP contribution is -2.12. The normalized spacial score (nSPS) is 22.0. The van der Waals surface area contributed by atoms with Gasteiger partial charge in [0.1, 0.15) is 0 Å². The Labute approximate surface area is 138 Å². The zero-order valence-corrected chi connectivity index (χ0v) is 13.6. The van der Waals surface area contributed by atoms with Gasteiger partial charge in [0.25, 0.3) is 0 Å². The van der Waals surface area contributed by atoms with E-state index in [1.807, 2.05) is 30.3 Å². The van der Waals surface area contributed by atoms with Gasteiger partial charge in [0.05, 0.1) is 0 Å². The molecular weight excluding hydrogens is 336 g/mol. The van der Waals surface area contributed by atoms with Gasteiger partial charge in [0.2, 0.25) is 0 Å². The second kappa shape index (κ2) is 5.36. The third-order valence-electron chi connectivity index (χ3n) is 4.58. The topological polar surface area (TPSA) is 17.1 Å². The molecule has 0 spiro atoms. The maximum absolute atomic E-state index is 12.6. The van der Waals surface area contributed by atoms with Crippen molar-refractivity contribution in [3.8, 4) is 0 Å². The molecule has 0 saturated heterocycles. The third kappa shape index (κ3) is 2.28. The van der Waals surface area contributed by atoms with Crippen LogP contribution in [0.15, 0.2) is 76.8 Å². The molecule has 108 valence electrons. The molecule has 2 atom stereocenters. The first kappa shape index (κ1) is 13.7. The first-order valence-electron chi connectivity index (χ1n) is 7.50. The van der Waals surface area contributed by atoms with Crippen LogP contribution in [0.4, 0.5) is 0 Å². The van der Waals surface area contributed by atoms with E-state index in [-0.39, 0.29) is 5.78 Å². The van der Waals surface area contributed by atoms with Crippen molar-refractivity contribution in [3.63, 3.8) is 0 Å². The van der Waals surface area contributed by atoms with Gasteiger partial charge in [-0.1, -0.05) is 58.4 Å². The van der Waals surface area contributed by atoms with Crippen LogP contribution in [-0.2, 0) is 6.42 Å². The van der Waals surface area contributed by atoms with Crippen molar-refractivity contribution >= 4 is 21.7 Å². The van der Waals surface area contributed by atoms with Crippen molar-refractivity contribution in [2.45, 2.75) is 12.3 Å². The molecule has 0 aliphatic heterocycles. The zero-order valence-electron chi connectivity index (χ0n) is 12.0. The van der Waals surface area contributed by atoms with E-state index in [1.54, 1.807) is 0 Å². The maximum atomic E-state index is 12.6. The molecule has 0 unspecified atom stereocenters. The highest BCUT2D eigenvalue weighted by Crippen LogP contribution is 2.42. The van der Waals surface area contributed by atoms with Gasteiger partial charge in [-0.25, -0.2) is 0 Å². The molecular formula is C20H15BrO. The Morgan fingerprint density at radius 2 is 1.82 bits per heavy atom. The van der Waals surface area contributed by atoms with Crippen LogP contribution in [0, 0.1) is 5.92 Å². The van der Waals surface area contributed by atoms with E-state index in [9.17, 15) is 4.79 Å². The predicted octanol–water partition coefficient (Wildman–Crippen LogP) is 5.08. The minimum absolute atomic E-state index is 0.109. The van der Waals surface area contributed by atoms with Crippen LogP contribution in [0.3, 0.4) is 0 Å². The SMILES string of the molecule is O=C(C1=C[C@@H]2Cc3ccccc3[C@H]2C=C1)c1ccc(Br)cc1. The fourth-order valence-electron chi connectivity index (χ4n) is 3.48. The molecule has 0 heterocycles. The molecule has 4 rings (SSSR count). The molecule has 2 heteroatoms. The van der Waals surface area contributed by atoms with Gasteiger partial charge in [-0.3, -0.25) is 4.79 Å². The van der Waals surface area contributed by atoms with E-state index in [1.165, 1.54) is 11.1 Å². The van der Waals surface area contributed by atoms with E-state index in [0.29, 0.717) is 11.8 Å². The highest BCUT2D eigenvalue weighted by Gasteiger charge is 2.31. The Morgan fingerprint density at radius 1 is 1.05 bits per heavy atom. The average Bonchev–Trinajstić information content (AvgIpc) is 2.92. The Balaban J connectivity index is 1.63. The fraction of sp³-hybridized carbons (Fsp3) is 0.150. The molecule has 0 aromatic heterocycles. The molecule has 0 N–H and O–H groups in total. The molecule has 0 saturated carbocycles. The zero-order chi connectivity index (χ0) is 15.1. The third-order valence-corrected chi connectivity index (χ3v) is 5.11. The fourth-order valence-corrected chi connectivity index (χ4v) is 3.74. The highest BCUT2D eigenvalue weighted by molar-refractivity contribution is 9.10. The number of rotatable bonds is 2. The monoisotopic (exact) mass is 350 g/mol. The molecule has 0 bridgehead atoms. The number of hydrogen-bond donors (Lipinski definition) is 0. The summed E-state index contributed by atoms with van der Waals surface area (Å²) in [6, 6.07) is 16.2. The molecule has 0 fully saturated rings. The Hall–Kier alpha value is -1.93. The summed E-state index contributed by atoms with van der Waals surface area (Å²) >= 11 is 3.40. The standard InChI is InChI=1S/C20H15BrO/c21-17-8-5-13(6-9-17)20(22)15-7-10-19-16(12-15)11-14-3-1-2-4-18(14)19/h1-10,12,16,19H,11H2/t16-,19-/m0/s1. The summed E-state index contributed by atoms with van der Waals surface area (Å²) in [4.78, 5) is 12.6. The summed E-state index contributed by atoms with van der Waals surface area (Å²) in [6.45, 7) is 0. The van der Waals surface area contributed by atoms with Crippen molar-refractivity contribution in [1.82, 2.24) is 0 Å². The average molecular weight is 351 g/mol. The van der Waals surface area contributed by atoms with E-state index in [0.717, 1.165) is 22.0 Å². The molecule has 1 nitrogen and oxygen atoms in total. The van der Waals surface area contributed by atoms with Crippen molar-refractivity contribution in [2.75, 3.05) is 0 Å². The van der Waals surface area contributed by atoms with Gasteiger partial charge in [-0.05, 0) is 47.7 Å². The number of carbonyl (C=O) groups is 1. The summed E-state index contributed by atoms with van der Waals surface area (Å²) in [5, 5.41) is 0. The lowest BCUT2D eigenvalue weighted by molar-refractivity contribution is 0.103. The lowest BCUT2D eigenvalue weighted by Gasteiger charge is -2.19. The second-order valence-electron chi connectivity index (χ2n) is 5.91. The summed E-state index contributed by atoms with van der Waals surface area (Å²) in [5.41, 5.74) is 4.38. The Kier molecular flexibility index (Phi) is 3.34. The molecule has 2 aliphatic carbocycles. The van der Waals surface area contributed by atoms with Crippen LogP contribution >= 0.6 is 15.9 Å². The number of Topliss-reactive ketones (excluding diaryl/α,β-unsaturated/α-hetero) is 1. The number of carbonyl (C=O) groups excluding carboxylic acids is 1. The van der Waals surface area contributed by atoms with Gasteiger partial charge in [-0.2, -0.15) is 0 Å². The maximum Gasteiger partial charge on any atom is 0.192 e. The van der Waals surface area contributed by atoms with Crippen molar-refractivity contribution in [1.29, 1.82) is 0 Å². The smallest absolute Gasteiger partial charge is 0.192 e. The molecule has 0 radical (unpaired) electrons. The first-order chi connectivity index (χ1) is 10.7. The molecule has 2 aromatic rings. The summed E-state index contributed by atoms with van der Waals surface area (Å²) < 4.78 is 0.989. The van der Waals surface area contributed by atoms with Gasteiger partial charge in [-0.15, -0.1) is 0 Å². The van der Waals surface area contributed by atoms with Crippen LogP contribution in [0.5, 0.6) is 0 Å². The summed E-state index contributed by atoms with van der Waals surface area (Å²) in [6.07, 6.45) is 7.38. The highest BCUT2D eigenvalue weighted by atomic mass is 79.9. The predicted molar refractivity (Wildman–Crippen MR) is 92.1 cm³/mol. The molecule has 22 heavy (non-hydrogen) atoms. The van der Waals surface area contributed by atoms with E-state index >= 15 is 0 Å². The second-order valence-corrected chi connectivity index (χ2v) is 6.83. The minimum Gasteiger partial charge on any atom is -0.289 e. The molecule has 0 amide bonds. The number of fused-ring (bicyclic) bond motifs is 3. The summed E-state index contributed by atoms with van der Waals surface area (Å²) in [7, 11) is 0. The van der Waals surface area contributed by atoms with Crippen molar-refractivity contribution in [3.05, 3.63) is 93.5 Å². The number of hydrogen-bond acceptors (Lipinski definition) is 1. The van der Waals surface area contributed by atoms with Gasteiger partial charge < -0.3 is 0 Å². The number of allylic oxidation sites excluding steroid dienone is 4.